The molecule has 0 spiro atoms. The second kappa shape index (κ2) is 4.49. The third kappa shape index (κ3) is 2.26. The van der Waals surface area contributed by atoms with Crippen LogP contribution in [-0.2, 0) is 5.41 Å². The number of nitrogens with zero attached hydrogens (tertiary/aromatic N) is 2. The zero-order valence-electron chi connectivity index (χ0n) is 10.7. The van der Waals surface area contributed by atoms with Crippen LogP contribution in [0.2, 0.25) is 0 Å². The number of nitrogens with two attached hydrogens (primary N) is 1. The third-order valence-electron chi connectivity index (χ3n) is 2.93. The van der Waals surface area contributed by atoms with Crippen LogP contribution in [0.1, 0.15) is 25.3 Å². The van der Waals surface area contributed by atoms with E-state index in [1.54, 1.807) is 19.1 Å². The summed E-state index contributed by atoms with van der Waals surface area (Å²) in [5.41, 5.74) is 6.58. The molecule has 1 aromatic carbocycles. The Balaban J connectivity index is 2.38. The molecule has 4 nitrogen and oxygen atoms in total. The molecule has 2 N–H and O–H groups in total. The summed E-state index contributed by atoms with van der Waals surface area (Å²) in [6, 6.07) is 4.72. The van der Waals surface area contributed by atoms with Crippen molar-refractivity contribution in [1.29, 1.82) is 0 Å². The molecule has 0 fully saturated rings. The van der Waals surface area contributed by atoms with E-state index in [0.717, 1.165) is 5.56 Å². The molecule has 0 bridgehead atoms. The highest BCUT2D eigenvalue weighted by Crippen LogP contribution is 2.24. The second-order valence-electron chi connectivity index (χ2n) is 4.98. The highest BCUT2D eigenvalue weighted by Gasteiger charge is 2.26. The molecule has 18 heavy (non-hydrogen) atoms. The second-order valence-corrected chi connectivity index (χ2v) is 4.98. The lowest BCUT2D eigenvalue weighted by Crippen LogP contribution is -2.28. The minimum Gasteiger partial charge on any atom is -0.338 e. The van der Waals surface area contributed by atoms with E-state index < -0.39 is 0 Å². The van der Waals surface area contributed by atoms with Gasteiger partial charge in [0.05, 0.1) is 5.41 Å². The zero-order chi connectivity index (χ0) is 13.3. The van der Waals surface area contributed by atoms with Crippen LogP contribution in [0.3, 0.4) is 0 Å². The Kier molecular flexibility index (Phi) is 3.17. The lowest BCUT2D eigenvalue weighted by atomic mass is 9.94. The Morgan fingerprint density at radius 1 is 1.39 bits per heavy atom. The average molecular weight is 249 g/mol. The highest BCUT2D eigenvalue weighted by molar-refractivity contribution is 5.55. The molecule has 1 heterocycles. The van der Waals surface area contributed by atoms with Crippen molar-refractivity contribution in [2.75, 3.05) is 6.54 Å². The Morgan fingerprint density at radius 3 is 2.72 bits per heavy atom. The summed E-state index contributed by atoms with van der Waals surface area (Å²) in [5, 5.41) is 3.91. The maximum atomic E-state index is 13.2. The van der Waals surface area contributed by atoms with Crippen LogP contribution < -0.4 is 5.73 Å². The Morgan fingerprint density at radius 2 is 2.11 bits per heavy atom. The van der Waals surface area contributed by atoms with E-state index in [-0.39, 0.29) is 11.2 Å². The summed E-state index contributed by atoms with van der Waals surface area (Å²) < 4.78 is 18.4. The van der Waals surface area contributed by atoms with Crippen LogP contribution in [-0.4, -0.2) is 16.7 Å². The fourth-order valence-corrected chi connectivity index (χ4v) is 1.49. The summed E-state index contributed by atoms with van der Waals surface area (Å²) in [4.78, 5) is 4.31. The first kappa shape index (κ1) is 12.7. The highest BCUT2D eigenvalue weighted by atomic mass is 19.1. The van der Waals surface area contributed by atoms with E-state index in [1.807, 2.05) is 13.8 Å². The number of benzene rings is 1. The van der Waals surface area contributed by atoms with E-state index in [9.17, 15) is 4.39 Å². The van der Waals surface area contributed by atoms with Crippen LogP contribution in [0, 0.1) is 12.7 Å². The topological polar surface area (TPSA) is 64.9 Å². The molecule has 1 aromatic heterocycles. The molecule has 5 heteroatoms. The molecule has 0 unspecified atom stereocenters. The number of halogens is 1. The van der Waals surface area contributed by atoms with Crippen molar-refractivity contribution >= 4 is 0 Å². The molecule has 0 aliphatic carbocycles. The summed E-state index contributed by atoms with van der Waals surface area (Å²) in [6.07, 6.45) is 0. The Labute approximate surface area is 105 Å². The van der Waals surface area contributed by atoms with Crippen LogP contribution in [0.25, 0.3) is 11.4 Å². The summed E-state index contributed by atoms with van der Waals surface area (Å²) in [6.45, 7) is 5.97. The van der Waals surface area contributed by atoms with Crippen LogP contribution in [0.4, 0.5) is 4.39 Å². The molecule has 2 aromatic rings. The molecule has 0 atom stereocenters. The summed E-state index contributed by atoms with van der Waals surface area (Å²) >= 11 is 0. The average Bonchev–Trinajstić information content (AvgIpc) is 2.83. The van der Waals surface area contributed by atoms with Gasteiger partial charge in [0, 0.05) is 12.1 Å². The van der Waals surface area contributed by atoms with Gasteiger partial charge in [0.1, 0.15) is 5.82 Å². The number of hydrogen-bond donors (Lipinski definition) is 1. The monoisotopic (exact) mass is 249 g/mol. The van der Waals surface area contributed by atoms with Gasteiger partial charge in [-0.15, -0.1) is 0 Å². The van der Waals surface area contributed by atoms with Crippen LogP contribution in [0.5, 0.6) is 0 Å². The van der Waals surface area contributed by atoms with Gasteiger partial charge in [-0.3, -0.25) is 0 Å². The molecular formula is C13H16FN3O. The van der Waals surface area contributed by atoms with Gasteiger partial charge in [0.15, 0.2) is 0 Å². The number of aromatic nitrogens is 2. The van der Waals surface area contributed by atoms with Gasteiger partial charge in [-0.25, -0.2) is 4.39 Å². The van der Waals surface area contributed by atoms with Gasteiger partial charge >= 0.3 is 0 Å². The predicted octanol–water partition coefficient (Wildman–Crippen LogP) is 2.42. The maximum absolute atomic E-state index is 13.2. The molecule has 2 rings (SSSR count). The van der Waals surface area contributed by atoms with Gasteiger partial charge in [0.25, 0.3) is 0 Å². The van der Waals surface area contributed by atoms with Gasteiger partial charge in [0.2, 0.25) is 11.7 Å². The predicted molar refractivity (Wildman–Crippen MR) is 66.5 cm³/mol. The Hall–Kier alpha value is -1.75. The van der Waals surface area contributed by atoms with Crippen molar-refractivity contribution in [3.05, 3.63) is 35.5 Å². The smallest absolute Gasteiger partial charge is 0.233 e. The first-order valence-corrected chi connectivity index (χ1v) is 5.75. The molecule has 0 saturated heterocycles. The van der Waals surface area contributed by atoms with E-state index in [2.05, 4.69) is 10.1 Å². The lowest BCUT2D eigenvalue weighted by molar-refractivity contribution is 0.311. The van der Waals surface area contributed by atoms with Gasteiger partial charge in [-0.1, -0.05) is 5.16 Å². The molecule has 0 saturated carbocycles. The number of aryl methyl sites for hydroxylation is 1. The first-order chi connectivity index (χ1) is 8.44. The SMILES string of the molecule is Cc1cc(-c2noc(C(C)(C)CN)n2)ccc1F. The number of rotatable bonds is 3. The van der Waals surface area contributed by atoms with E-state index in [4.69, 9.17) is 10.3 Å². The van der Waals surface area contributed by atoms with Crippen LogP contribution in [0.15, 0.2) is 22.7 Å². The Bertz CT molecular complexity index is 563. The van der Waals surface area contributed by atoms with E-state index in [0.29, 0.717) is 23.8 Å². The fourth-order valence-electron chi connectivity index (χ4n) is 1.49. The van der Waals surface area contributed by atoms with Crippen molar-refractivity contribution in [1.82, 2.24) is 10.1 Å². The van der Waals surface area contributed by atoms with Gasteiger partial charge in [-0.05, 0) is 44.5 Å². The molecule has 96 valence electrons. The molecule has 0 aliphatic rings. The maximum Gasteiger partial charge on any atom is 0.233 e. The normalized spacial score (nSPS) is 11.8. The van der Waals surface area contributed by atoms with Crippen molar-refractivity contribution in [2.24, 2.45) is 5.73 Å². The fraction of sp³-hybridized carbons (Fsp3) is 0.385. The quantitative estimate of drug-likeness (QED) is 0.907. The molecule has 0 amide bonds. The van der Waals surface area contributed by atoms with Gasteiger partial charge < -0.3 is 10.3 Å². The zero-order valence-corrected chi connectivity index (χ0v) is 10.7. The minimum absolute atomic E-state index is 0.246. The molecular weight excluding hydrogens is 233 g/mol. The van der Waals surface area contributed by atoms with E-state index in [1.165, 1.54) is 6.07 Å². The van der Waals surface area contributed by atoms with Gasteiger partial charge in [-0.2, -0.15) is 4.98 Å². The lowest BCUT2D eigenvalue weighted by Gasteiger charge is -2.15. The summed E-state index contributed by atoms with van der Waals surface area (Å²) in [7, 11) is 0. The third-order valence-corrected chi connectivity index (χ3v) is 2.93. The van der Waals surface area contributed by atoms with Crippen molar-refractivity contribution in [2.45, 2.75) is 26.2 Å². The van der Waals surface area contributed by atoms with Crippen molar-refractivity contribution in [3.63, 3.8) is 0 Å². The first-order valence-electron chi connectivity index (χ1n) is 5.75. The van der Waals surface area contributed by atoms with E-state index >= 15 is 0 Å². The largest absolute Gasteiger partial charge is 0.338 e. The minimum atomic E-state index is -0.361. The van der Waals surface area contributed by atoms with Crippen LogP contribution >= 0.6 is 0 Å². The summed E-state index contributed by atoms with van der Waals surface area (Å²) in [5.74, 6) is 0.696. The van der Waals surface area contributed by atoms with Crippen molar-refractivity contribution < 1.29 is 8.91 Å². The number of hydrogen-bond acceptors (Lipinski definition) is 4. The molecule has 0 radical (unpaired) electrons. The standard InChI is InChI=1S/C13H16FN3O/c1-8-6-9(4-5-10(8)14)11-16-12(18-17-11)13(2,3)7-15/h4-6H,7,15H2,1-3H3. The molecule has 0 aliphatic heterocycles. The van der Waals surface area contributed by atoms with Crippen molar-refractivity contribution in [3.8, 4) is 11.4 Å².